The number of nitrogens with one attached hydrogen (secondary N) is 11. The zero-order valence-electron chi connectivity index (χ0n) is 65.8. The minimum Gasteiger partial charge on any atom is -0.508 e. The highest BCUT2D eigenvalue weighted by Gasteiger charge is 2.49. The van der Waals surface area contributed by atoms with Gasteiger partial charge in [-0.3, -0.25) is 62.9 Å². The van der Waals surface area contributed by atoms with Crippen molar-refractivity contribution in [2.45, 2.75) is 267 Å². The maximum absolute atomic E-state index is 15.3. The molecule has 2 aromatic carbocycles. The van der Waals surface area contributed by atoms with Gasteiger partial charge in [-0.25, -0.2) is 0 Å². The summed E-state index contributed by atoms with van der Waals surface area (Å²) < 4.78 is 0. The van der Waals surface area contributed by atoms with Gasteiger partial charge in [-0.05, 0) is 98.5 Å². The Hall–Kier alpha value is -8.13. The van der Waals surface area contributed by atoms with Crippen LogP contribution in [0, 0.1) is 17.8 Å². The van der Waals surface area contributed by atoms with Crippen molar-refractivity contribution in [1.82, 2.24) is 68.3 Å². The molecule has 0 aromatic heterocycles. The standard InChI is InChI=1S/C77H124N14O20S/c1-9-44(4)38-45(5)19-15-12-10-11-13-18-22-61(100)83-55-41-59(98)68(80-34-31-78)89-75(109)65-58(97)29-35-90(65)77(111)63(87-74(108)64(67(102)66(101)49-23-25-50(94)26-24-49)88-73(107)56-40-51(95)42-91(56)76(110)62(46(6)92)86-72(55)106)57(96)27-32-79-60(99)28-33-81-69(103)54(39-48-20-16-14-17-21-48)85-71(105)53(37-43(2)3)84-70(104)52(30-36-112-8)82-47(7)93/h14,16-17,20-21,23-26,43-46,51-59,62-68,80,92,94-98,101-102H,9-13,15,18-19,22,27-42,78H2,1-8H3,(H,79,99)(H,81,103)(H,82,93)(H,83,100)(H,84,104)(H,85,105)(H,86,106)(H,87,108)(H,88,107)(H,89,109)/t44-,45+,46+,51+,52-,53-,54-,55-,56-,57+,58-,59+,62-,63-,64-,65-,66-,67-,68-/m0/s1. The second-order valence-electron chi connectivity index (χ2n) is 30.3. The summed E-state index contributed by atoms with van der Waals surface area (Å²) in [5.41, 5.74) is 6.39. The lowest BCUT2D eigenvalue weighted by molar-refractivity contribution is -0.148. The molecule has 5 rings (SSSR count). The van der Waals surface area contributed by atoms with Crippen LogP contribution in [0.25, 0.3) is 0 Å². The van der Waals surface area contributed by atoms with E-state index in [1.165, 1.54) is 37.2 Å². The van der Waals surface area contributed by atoms with Crippen LogP contribution in [0.3, 0.4) is 0 Å². The molecule has 12 amide bonds. The van der Waals surface area contributed by atoms with E-state index in [1.54, 1.807) is 30.3 Å². The van der Waals surface area contributed by atoms with Crippen LogP contribution < -0.4 is 64.2 Å². The normalized spacial score (nSPS) is 24.0. The van der Waals surface area contributed by atoms with Crippen LogP contribution in [0.15, 0.2) is 54.6 Å². The molecule has 0 radical (unpaired) electrons. The van der Waals surface area contributed by atoms with Crippen molar-refractivity contribution in [1.29, 1.82) is 0 Å². The monoisotopic (exact) mass is 1600 g/mol. The van der Waals surface area contributed by atoms with E-state index in [-0.39, 0.29) is 69.0 Å². The Morgan fingerprint density at radius 1 is 0.616 bits per heavy atom. The number of nitrogens with two attached hydrogens (primary N) is 1. The number of hydrogen-bond donors (Lipinski definition) is 20. The van der Waals surface area contributed by atoms with E-state index in [4.69, 9.17) is 5.73 Å². The van der Waals surface area contributed by atoms with Gasteiger partial charge in [-0.1, -0.05) is 122 Å². The molecule has 0 saturated carbocycles. The lowest BCUT2D eigenvalue weighted by atomic mass is 9.91. The van der Waals surface area contributed by atoms with Crippen molar-refractivity contribution >= 4 is 82.6 Å². The lowest BCUT2D eigenvalue weighted by Gasteiger charge is -2.35. The smallest absolute Gasteiger partial charge is 0.248 e. The number of thioether (sulfide) groups is 1. The molecule has 3 fully saturated rings. The molecular weight excluding hydrogens is 1470 g/mol. The van der Waals surface area contributed by atoms with Crippen molar-refractivity contribution in [3.05, 3.63) is 65.7 Å². The molecule has 35 heteroatoms. The molecule has 2 aromatic rings. The van der Waals surface area contributed by atoms with E-state index < -0.39 is 219 Å². The van der Waals surface area contributed by atoms with Gasteiger partial charge in [0.1, 0.15) is 78.5 Å². The first-order valence-corrected chi connectivity index (χ1v) is 40.6. The number of hydrogen-bond acceptors (Lipinski definition) is 23. The van der Waals surface area contributed by atoms with Gasteiger partial charge in [0.2, 0.25) is 70.9 Å². The first-order chi connectivity index (χ1) is 53.2. The Kier molecular flexibility index (Phi) is 40.6. The van der Waals surface area contributed by atoms with Gasteiger partial charge in [0.25, 0.3) is 0 Å². The number of phenolic OH excluding ortho intramolecular Hbond substituents is 1. The summed E-state index contributed by atoms with van der Waals surface area (Å²) in [4.78, 5) is 172. The quantitative estimate of drug-likeness (QED) is 0.0317. The molecule has 3 aliphatic heterocycles. The molecule has 112 heavy (non-hydrogen) atoms. The first-order valence-electron chi connectivity index (χ1n) is 39.2. The van der Waals surface area contributed by atoms with Gasteiger partial charge < -0.3 is 110 Å². The average Bonchev–Trinajstić information content (AvgIpc) is 1.61. The number of benzene rings is 2. The SMILES string of the molecule is CC[C@H](C)C[C@H](C)CCCCCCCCC(=O)N[C@H]1C[C@@H](O)[C@@H](NCCN)NC(=O)[C@@H]2[C@@H](O)CCN2C(=O)[C@H]([C@H](O)CCNC(=O)CCNC(=O)[C@H](Cc2ccccc2)NC(=O)[C@H](CC(C)C)NC(=O)[C@H](CCSC)NC(C)=O)NC(=O)[C@H]([C@H](O)[C@@H](O)c2ccc(O)cc2)NC(=O)[C@@H]2C[C@@H](O)CN2C(=O)[C@H]([C@@H](C)O)NC1=O. The lowest BCUT2D eigenvalue weighted by Crippen LogP contribution is -2.65. The van der Waals surface area contributed by atoms with Gasteiger partial charge in [0.15, 0.2) is 0 Å². The fourth-order valence-electron chi connectivity index (χ4n) is 14.0. The highest BCUT2D eigenvalue weighted by molar-refractivity contribution is 7.98. The summed E-state index contributed by atoms with van der Waals surface area (Å²) in [6.45, 7) is 10.7. The molecule has 3 saturated heterocycles. The molecule has 0 bridgehead atoms. The van der Waals surface area contributed by atoms with E-state index in [0.717, 1.165) is 67.4 Å². The zero-order valence-corrected chi connectivity index (χ0v) is 66.6. The molecule has 19 atom stereocenters. The van der Waals surface area contributed by atoms with E-state index >= 15 is 9.59 Å². The third-order valence-corrected chi connectivity index (χ3v) is 21.0. The van der Waals surface area contributed by atoms with E-state index in [9.17, 15) is 88.8 Å². The van der Waals surface area contributed by atoms with Crippen molar-refractivity contribution in [2.24, 2.45) is 23.5 Å². The predicted molar refractivity (Wildman–Crippen MR) is 416 cm³/mol. The number of amides is 12. The molecule has 21 N–H and O–H groups in total. The molecule has 3 heterocycles. The molecule has 628 valence electrons. The number of phenols is 1. The van der Waals surface area contributed by atoms with Crippen molar-refractivity contribution in [2.75, 3.05) is 51.3 Å². The van der Waals surface area contributed by atoms with Crippen molar-refractivity contribution < 1.29 is 98.4 Å². The molecule has 34 nitrogen and oxygen atoms in total. The molecule has 0 unspecified atom stereocenters. The van der Waals surface area contributed by atoms with Gasteiger partial charge in [0, 0.05) is 78.3 Å². The van der Waals surface area contributed by atoms with E-state index in [0.29, 0.717) is 36.0 Å². The van der Waals surface area contributed by atoms with E-state index in [1.807, 2.05) is 20.1 Å². The molecule has 3 aliphatic rings. The Balaban J connectivity index is 1.45. The Morgan fingerprint density at radius 2 is 1.25 bits per heavy atom. The number of nitrogens with zero attached hydrogens (tertiary/aromatic N) is 2. The van der Waals surface area contributed by atoms with Gasteiger partial charge in [0.05, 0.1) is 30.5 Å². The number of carbonyl (C=O) groups excluding carboxylic acids is 12. The minimum atomic E-state index is -2.42. The Labute approximate surface area is 660 Å². The second-order valence-corrected chi connectivity index (χ2v) is 31.3. The summed E-state index contributed by atoms with van der Waals surface area (Å²) >= 11 is 1.46. The van der Waals surface area contributed by atoms with Gasteiger partial charge >= 0.3 is 0 Å². The number of aromatic hydroxyl groups is 1. The summed E-state index contributed by atoms with van der Waals surface area (Å²) in [7, 11) is 0. The number of unbranched alkanes of at least 4 members (excludes halogenated alkanes) is 5. The Morgan fingerprint density at radius 3 is 1.89 bits per heavy atom. The number of carbonyl (C=O) groups is 12. The van der Waals surface area contributed by atoms with Crippen molar-refractivity contribution in [3.63, 3.8) is 0 Å². The molecule has 0 aliphatic carbocycles. The highest BCUT2D eigenvalue weighted by Crippen LogP contribution is 2.28. The van der Waals surface area contributed by atoms with Gasteiger partial charge in [-0.2, -0.15) is 11.8 Å². The van der Waals surface area contributed by atoms with Crippen LogP contribution in [-0.2, 0) is 64.0 Å². The third-order valence-electron chi connectivity index (χ3n) is 20.4. The number of aliphatic hydroxyl groups is 7. The van der Waals surface area contributed by atoms with Gasteiger partial charge in [-0.15, -0.1) is 0 Å². The number of fused-ring (bicyclic) bond motifs is 2. The van der Waals surface area contributed by atoms with Crippen LogP contribution in [-0.4, -0.2) is 270 Å². The summed E-state index contributed by atoms with van der Waals surface area (Å²) in [6, 6.07) is -2.03. The third kappa shape index (κ3) is 30.7. The zero-order chi connectivity index (χ0) is 82.9. The maximum Gasteiger partial charge on any atom is 0.248 e. The Bertz CT molecular complexity index is 3370. The topological polar surface area (TPSA) is 532 Å². The minimum absolute atomic E-state index is 0.0238. The summed E-state index contributed by atoms with van der Waals surface area (Å²) in [6.07, 6.45) is -7.12. The fourth-order valence-corrected chi connectivity index (χ4v) is 14.5. The first kappa shape index (κ1) is 94.5. The average molecular weight is 1600 g/mol. The largest absolute Gasteiger partial charge is 0.508 e. The second kappa shape index (κ2) is 48.2. The maximum atomic E-state index is 15.3. The summed E-state index contributed by atoms with van der Waals surface area (Å²) in [5.74, 6) is -9.95. The number of aliphatic hydroxyl groups excluding tert-OH is 7. The highest BCUT2D eigenvalue weighted by atomic mass is 32.2. The van der Waals surface area contributed by atoms with Crippen LogP contribution in [0.5, 0.6) is 5.75 Å². The fraction of sp³-hybridized carbons (Fsp3) is 0.688. The summed E-state index contributed by atoms with van der Waals surface area (Å²) in [5, 5.41) is 121. The number of rotatable bonds is 40. The van der Waals surface area contributed by atoms with Crippen LogP contribution >= 0.6 is 11.8 Å². The molecule has 0 spiro atoms. The van der Waals surface area contributed by atoms with Crippen molar-refractivity contribution in [3.8, 4) is 5.75 Å². The predicted octanol–water partition coefficient (Wildman–Crippen LogP) is -2.13. The van der Waals surface area contributed by atoms with E-state index in [2.05, 4.69) is 79.3 Å². The van der Waals surface area contributed by atoms with Crippen LogP contribution in [0.4, 0.5) is 0 Å². The molecular formula is C77H124N14O20S. The van der Waals surface area contributed by atoms with Crippen LogP contribution in [0.1, 0.15) is 175 Å². The van der Waals surface area contributed by atoms with Crippen LogP contribution in [0.2, 0.25) is 0 Å².